The van der Waals surface area contributed by atoms with E-state index in [2.05, 4.69) is 4.98 Å². The molecule has 0 fully saturated rings. The number of aromatic nitrogens is 1. The number of oxazole rings is 1. The van der Waals surface area contributed by atoms with Gasteiger partial charge in [0.05, 0.1) is 13.2 Å². The molecule has 0 unspecified atom stereocenters. The van der Waals surface area contributed by atoms with Gasteiger partial charge in [-0.05, 0) is 13.8 Å². The van der Waals surface area contributed by atoms with Crippen molar-refractivity contribution in [2.45, 2.75) is 20.8 Å². The lowest BCUT2D eigenvalue weighted by atomic mass is 10.5. The first kappa shape index (κ1) is 10.6. The van der Waals surface area contributed by atoms with Crippen molar-refractivity contribution in [1.29, 1.82) is 0 Å². The summed E-state index contributed by atoms with van der Waals surface area (Å²) in [6.45, 7) is 5.89. The molecule has 0 aliphatic heterocycles. The Labute approximate surface area is 82.0 Å². The number of carbonyl (C=O) groups is 1. The summed E-state index contributed by atoms with van der Waals surface area (Å²) in [5.74, 6) is -0.00671. The van der Waals surface area contributed by atoms with Gasteiger partial charge in [-0.1, -0.05) is 0 Å². The van der Waals surface area contributed by atoms with Gasteiger partial charge in [0.1, 0.15) is 0 Å². The van der Waals surface area contributed by atoms with Gasteiger partial charge in [-0.3, -0.25) is 0 Å². The molecule has 78 valence electrons. The third kappa shape index (κ3) is 2.25. The maximum Gasteiger partial charge on any atom is 0.364 e. The lowest BCUT2D eigenvalue weighted by Gasteiger charge is -2.00. The second-order valence-electron chi connectivity index (χ2n) is 2.52. The average Bonchev–Trinajstić information content (AvgIpc) is 2.48. The van der Waals surface area contributed by atoms with Gasteiger partial charge in [0.2, 0.25) is 5.69 Å². The summed E-state index contributed by atoms with van der Waals surface area (Å²) in [5, 5.41) is 0. The van der Waals surface area contributed by atoms with E-state index in [9.17, 15) is 4.79 Å². The zero-order valence-electron chi connectivity index (χ0n) is 8.49. The third-order valence-corrected chi connectivity index (χ3v) is 1.45. The first-order chi connectivity index (χ1) is 6.69. The molecule has 0 amide bonds. The minimum atomic E-state index is -0.521. The Morgan fingerprint density at radius 2 is 2.14 bits per heavy atom. The molecule has 1 heterocycles. The fourth-order valence-corrected chi connectivity index (χ4v) is 0.966. The fraction of sp³-hybridized carbons (Fsp3) is 0.556. The molecule has 0 aliphatic carbocycles. The summed E-state index contributed by atoms with van der Waals surface area (Å²) >= 11 is 0. The lowest BCUT2D eigenvalue weighted by Crippen LogP contribution is -2.07. The number of ether oxygens (including phenoxy) is 2. The normalized spacial score (nSPS) is 9.93. The first-order valence-corrected chi connectivity index (χ1v) is 4.46. The maximum atomic E-state index is 11.3. The number of hydrogen-bond acceptors (Lipinski definition) is 5. The Hall–Kier alpha value is -1.52. The minimum absolute atomic E-state index is 0.103. The van der Waals surface area contributed by atoms with E-state index in [0.29, 0.717) is 19.1 Å². The van der Waals surface area contributed by atoms with Crippen molar-refractivity contribution < 1.29 is 18.7 Å². The Morgan fingerprint density at radius 1 is 1.43 bits per heavy atom. The van der Waals surface area contributed by atoms with E-state index < -0.39 is 5.97 Å². The average molecular weight is 199 g/mol. The first-order valence-electron chi connectivity index (χ1n) is 4.46. The van der Waals surface area contributed by atoms with Crippen LogP contribution < -0.4 is 4.74 Å². The molecule has 0 aromatic carbocycles. The molecule has 0 saturated carbocycles. The Balaban J connectivity index is 2.88. The second-order valence-corrected chi connectivity index (χ2v) is 2.52. The fourth-order valence-electron chi connectivity index (χ4n) is 0.966. The van der Waals surface area contributed by atoms with Crippen LogP contribution in [0.2, 0.25) is 0 Å². The number of rotatable bonds is 4. The highest BCUT2D eigenvalue weighted by Gasteiger charge is 2.20. The van der Waals surface area contributed by atoms with Crippen LogP contribution in [0.15, 0.2) is 4.42 Å². The predicted molar refractivity (Wildman–Crippen MR) is 48.4 cm³/mol. The second kappa shape index (κ2) is 4.64. The largest absolute Gasteiger partial charge is 0.464 e. The van der Waals surface area contributed by atoms with Gasteiger partial charge in [-0.15, -0.1) is 0 Å². The Morgan fingerprint density at radius 3 is 2.71 bits per heavy atom. The highest BCUT2D eigenvalue weighted by molar-refractivity contribution is 5.89. The number of aryl methyl sites for hydroxylation is 1. The number of esters is 1. The summed E-state index contributed by atoms with van der Waals surface area (Å²) < 4.78 is 15.0. The van der Waals surface area contributed by atoms with Gasteiger partial charge < -0.3 is 13.9 Å². The summed E-state index contributed by atoms with van der Waals surface area (Å²) in [6, 6.07) is 0. The summed E-state index contributed by atoms with van der Waals surface area (Å²) in [6.07, 6.45) is 0. The van der Waals surface area contributed by atoms with Crippen molar-refractivity contribution in [1.82, 2.24) is 4.98 Å². The number of carbonyl (C=O) groups excluding carboxylic acids is 1. The molecule has 0 spiro atoms. The van der Waals surface area contributed by atoms with Crippen LogP contribution in [0.25, 0.3) is 0 Å². The van der Waals surface area contributed by atoms with Crippen LogP contribution in [0.5, 0.6) is 5.95 Å². The van der Waals surface area contributed by atoms with Crippen LogP contribution in [0.4, 0.5) is 0 Å². The van der Waals surface area contributed by atoms with Crippen molar-refractivity contribution >= 4 is 5.97 Å². The maximum absolute atomic E-state index is 11.3. The molecule has 0 N–H and O–H groups in total. The zero-order chi connectivity index (χ0) is 10.6. The third-order valence-electron chi connectivity index (χ3n) is 1.45. The van der Waals surface area contributed by atoms with Crippen molar-refractivity contribution in [2.24, 2.45) is 0 Å². The molecule has 1 aromatic rings. The molecule has 0 radical (unpaired) electrons. The quantitative estimate of drug-likeness (QED) is 0.688. The molecule has 14 heavy (non-hydrogen) atoms. The van der Waals surface area contributed by atoms with Crippen LogP contribution in [-0.2, 0) is 4.74 Å². The van der Waals surface area contributed by atoms with E-state index in [0.717, 1.165) is 0 Å². The van der Waals surface area contributed by atoms with Gasteiger partial charge in [-0.2, -0.15) is 0 Å². The van der Waals surface area contributed by atoms with Crippen molar-refractivity contribution in [3.8, 4) is 5.95 Å². The van der Waals surface area contributed by atoms with Crippen LogP contribution >= 0.6 is 0 Å². The van der Waals surface area contributed by atoms with E-state index >= 15 is 0 Å². The summed E-state index contributed by atoms with van der Waals surface area (Å²) in [5.41, 5.74) is 0.103. The molecule has 0 bridgehead atoms. The Kier molecular flexibility index (Phi) is 3.50. The Bertz CT molecular complexity index is 319. The van der Waals surface area contributed by atoms with Crippen molar-refractivity contribution in [2.75, 3.05) is 13.2 Å². The van der Waals surface area contributed by atoms with Gasteiger partial charge in [0.25, 0.3) is 0 Å². The topological polar surface area (TPSA) is 61.6 Å². The monoisotopic (exact) mass is 199 g/mol. The van der Waals surface area contributed by atoms with Crippen molar-refractivity contribution in [3.05, 3.63) is 11.6 Å². The van der Waals surface area contributed by atoms with Crippen LogP contribution in [0.1, 0.15) is 30.2 Å². The van der Waals surface area contributed by atoms with E-state index in [-0.39, 0.29) is 11.6 Å². The molecule has 5 heteroatoms. The molecule has 0 saturated heterocycles. The highest BCUT2D eigenvalue weighted by Crippen LogP contribution is 2.20. The highest BCUT2D eigenvalue weighted by atomic mass is 16.6. The zero-order valence-corrected chi connectivity index (χ0v) is 8.49. The summed E-state index contributed by atoms with van der Waals surface area (Å²) in [4.78, 5) is 15.2. The molecular weight excluding hydrogens is 186 g/mol. The SMILES string of the molecule is CCOC(=O)c1nc(C)oc1OCC. The van der Waals surface area contributed by atoms with Crippen LogP contribution in [-0.4, -0.2) is 24.2 Å². The van der Waals surface area contributed by atoms with Gasteiger partial charge in [0.15, 0.2) is 5.89 Å². The van der Waals surface area contributed by atoms with Gasteiger partial charge in [0, 0.05) is 6.92 Å². The van der Waals surface area contributed by atoms with E-state index in [1.165, 1.54) is 0 Å². The molecular formula is C9H13NO4. The number of hydrogen-bond donors (Lipinski definition) is 0. The van der Waals surface area contributed by atoms with Gasteiger partial charge >= 0.3 is 11.9 Å². The van der Waals surface area contributed by atoms with Crippen molar-refractivity contribution in [3.63, 3.8) is 0 Å². The molecule has 5 nitrogen and oxygen atoms in total. The van der Waals surface area contributed by atoms with E-state index in [1.54, 1.807) is 20.8 Å². The molecule has 1 rings (SSSR count). The summed E-state index contributed by atoms with van der Waals surface area (Å²) in [7, 11) is 0. The predicted octanol–water partition coefficient (Wildman–Crippen LogP) is 1.56. The minimum Gasteiger partial charge on any atom is -0.464 e. The van der Waals surface area contributed by atoms with Crippen LogP contribution in [0.3, 0.4) is 0 Å². The smallest absolute Gasteiger partial charge is 0.364 e. The standard InChI is InChI=1S/C9H13NO4/c1-4-12-8(11)7-9(13-5-2)14-6(3)10-7/h4-5H2,1-3H3. The van der Waals surface area contributed by atoms with Gasteiger partial charge in [-0.25, -0.2) is 9.78 Å². The van der Waals surface area contributed by atoms with E-state index in [1.807, 2.05) is 0 Å². The molecule has 0 atom stereocenters. The molecule has 1 aromatic heterocycles. The van der Waals surface area contributed by atoms with Crippen LogP contribution in [0, 0.1) is 6.92 Å². The lowest BCUT2D eigenvalue weighted by molar-refractivity contribution is 0.0512. The number of nitrogens with zero attached hydrogens (tertiary/aromatic N) is 1. The van der Waals surface area contributed by atoms with E-state index in [4.69, 9.17) is 13.9 Å². The molecule has 0 aliphatic rings.